The van der Waals surface area contributed by atoms with Gasteiger partial charge in [-0.15, -0.1) is 0 Å². The van der Waals surface area contributed by atoms with Gasteiger partial charge in [-0.25, -0.2) is 9.50 Å². The van der Waals surface area contributed by atoms with E-state index in [1.165, 1.54) is 6.20 Å². The highest BCUT2D eigenvalue weighted by molar-refractivity contribution is 5.83. The molecule has 0 aliphatic heterocycles. The van der Waals surface area contributed by atoms with Crippen LogP contribution in [0.2, 0.25) is 0 Å². The largest absolute Gasteiger partial charge is 0.489 e. The number of nitriles is 1. The van der Waals surface area contributed by atoms with Crippen molar-refractivity contribution in [2.24, 2.45) is 0 Å². The van der Waals surface area contributed by atoms with E-state index in [9.17, 15) is 10.4 Å². The van der Waals surface area contributed by atoms with Crippen molar-refractivity contribution >= 4 is 11.3 Å². The van der Waals surface area contributed by atoms with Gasteiger partial charge in [0.05, 0.1) is 47.2 Å². The molecule has 0 saturated heterocycles. The lowest BCUT2D eigenvalue weighted by atomic mass is 10.1. The number of pyridine rings is 1. The molecule has 0 fully saturated rings. The Balaban J connectivity index is 2.12. The molecule has 0 aliphatic rings. The van der Waals surface area contributed by atoms with E-state index in [2.05, 4.69) is 26.5 Å². The lowest BCUT2D eigenvalue weighted by Gasteiger charge is -2.18. The van der Waals surface area contributed by atoms with Crippen LogP contribution in [0, 0.1) is 11.3 Å². The average Bonchev–Trinajstić information content (AvgIpc) is 3.02. The fraction of sp³-hybridized carbons (Fsp3) is 0.294. The molecule has 128 valence electrons. The van der Waals surface area contributed by atoms with Gasteiger partial charge in [-0.1, -0.05) is 0 Å². The highest BCUT2D eigenvalue weighted by Crippen LogP contribution is 2.29. The van der Waals surface area contributed by atoms with Crippen LogP contribution >= 0.6 is 0 Å². The van der Waals surface area contributed by atoms with Crippen LogP contribution in [0.5, 0.6) is 5.75 Å². The van der Waals surface area contributed by atoms with Crippen molar-refractivity contribution in [1.82, 2.24) is 19.6 Å². The number of nitrogens with zero attached hydrogens (tertiary/aromatic N) is 5. The van der Waals surface area contributed by atoms with E-state index in [0.717, 1.165) is 0 Å². The van der Waals surface area contributed by atoms with E-state index in [1.807, 2.05) is 0 Å². The lowest BCUT2D eigenvalue weighted by molar-refractivity contribution is 0.0283. The minimum Gasteiger partial charge on any atom is -0.489 e. The van der Waals surface area contributed by atoms with Crippen molar-refractivity contribution in [3.8, 4) is 23.1 Å². The first-order valence-corrected chi connectivity index (χ1v) is 7.68. The van der Waals surface area contributed by atoms with Crippen LogP contribution < -0.4 is 10.1 Å². The number of nitrogens with one attached hydrogen (secondary N) is 1. The number of fused-ring (bicyclic) bond motifs is 1. The predicted molar refractivity (Wildman–Crippen MR) is 92.3 cm³/mol. The van der Waals surface area contributed by atoms with E-state index in [1.54, 1.807) is 50.1 Å². The third kappa shape index (κ3) is 3.51. The number of anilines is 1. The van der Waals surface area contributed by atoms with Crippen molar-refractivity contribution < 1.29 is 9.84 Å². The van der Waals surface area contributed by atoms with Crippen molar-refractivity contribution in [3.05, 3.63) is 36.4 Å². The summed E-state index contributed by atoms with van der Waals surface area (Å²) < 4.78 is 7.24. The molecule has 0 bridgehead atoms. The summed E-state index contributed by atoms with van der Waals surface area (Å²) in [6.07, 6.45) is 6.39. The molecule has 3 aromatic heterocycles. The number of rotatable bonds is 5. The van der Waals surface area contributed by atoms with Gasteiger partial charge < -0.3 is 15.2 Å². The molecule has 3 heterocycles. The predicted octanol–water partition coefficient (Wildman–Crippen LogP) is 1.85. The Morgan fingerprint density at radius 1 is 1.32 bits per heavy atom. The third-order valence-corrected chi connectivity index (χ3v) is 3.48. The van der Waals surface area contributed by atoms with E-state index >= 15 is 0 Å². The van der Waals surface area contributed by atoms with Crippen LogP contribution in [-0.2, 0) is 0 Å². The van der Waals surface area contributed by atoms with Gasteiger partial charge in [0.25, 0.3) is 0 Å². The minimum atomic E-state index is -0.967. The van der Waals surface area contributed by atoms with Gasteiger partial charge in [-0.05, 0) is 19.9 Å². The molecule has 0 atom stereocenters. The molecule has 3 aromatic rings. The SMILES string of the molecule is CNc1cnc(-c2cc(OCC(C)(C)O)cn3ncc(C#N)c23)cn1. The second-order valence-corrected chi connectivity index (χ2v) is 6.19. The van der Waals surface area contributed by atoms with E-state index in [0.29, 0.717) is 33.9 Å². The maximum Gasteiger partial charge on any atom is 0.144 e. The molecular weight excluding hydrogens is 320 g/mol. The van der Waals surface area contributed by atoms with Crippen LogP contribution in [-0.4, -0.2) is 43.9 Å². The Morgan fingerprint density at radius 3 is 2.72 bits per heavy atom. The molecule has 3 rings (SSSR count). The summed E-state index contributed by atoms with van der Waals surface area (Å²) in [5.74, 6) is 1.15. The molecule has 0 spiro atoms. The summed E-state index contributed by atoms with van der Waals surface area (Å²) in [4.78, 5) is 8.66. The standard InChI is InChI=1S/C17H18N6O2/c1-17(2,24)10-25-12-4-13(14-7-21-15(19-3)8-20-14)16-11(5-18)6-22-23(16)9-12/h4,6-9,24H,10H2,1-3H3,(H,19,21). The molecule has 0 radical (unpaired) electrons. The lowest BCUT2D eigenvalue weighted by Crippen LogP contribution is -2.27. The van der Waals surface area contributed by atoms with Gasteiger partial charge in [0.2, 0.25) is 0 Å². The summed E-state index contributed by atoms with van der Waals surface area (Å²) in [7, 11) is 1.76. The third-order valence-electron chi connectivity index (χ3n) is 3.48. The Labute approximate surface area is 144 Å². The van der Waals surface area contributed by atoms with Crippen molar-refractivity contribution in [2.75, 3.05) is 19.0 Å². The first-order chi connectivity index (χ1) is 11.9. The molecule has 0 saturated carbocycles. The Kier molecular flexibility index (Phi) is 4.25. The van der Waals surface area contributed by atoms with Crippen molar-refractivity contribution in [3.63, 3.8) is 0 Å². The van der Waals surface area contributed by atoms with Crippen LogP contribution in [0.3, 0.4) is 0 Å². The van der Waals surface area contributed by atoms with Crippen molar-refractivity contribution in [2.45, 2.75) is 19.4 Å². The first kappa shape index (κ1) is 16.7. The minimum absolute atomic E-state index is 0.120. The monoisotopic (exact) mass is 338 g/mol. The van der Waals surface area contributed by atoms with Gasteiger partial charge in [0, 0.05) is 12.6 Å². The molecule has 2 N–H and O–H groups in total. The summed E-state index contributed by atoms with van der Waals surface area (Å²) in [6, 6.07) is 3.90. The number of ether oxygens (including phenoxy) is 1. The topological polar surface area (TPSA) is 108 Å². The van der Waals surface area contributed by atoms with Crippen LogP contribution in [0.1, 0.15) is 19.4 Å². The first-order valence-electron chi connectivity index (χ1n) is 7.68. The number of hydrogen-bond donors (Lipinski definition) is 2. The molecule has 8 nitrogen and oxygen atoms in total. The molecule has 25 heavy (non-hydrogen) atoms. The highest BCUT2D eigenvalue weighted by atomic mass is 16.5. The smallest absolute Gasteiger partial charge is 0.144 e. The Hall–Kier alpha value is -3.18. The zero-order chi connectivity index (χ0) is 18.0. The van der Waals surface area contributed by atoms with Crippen molar-refractivity contribution in [1.29, 1.82) is 5.26 Å². The fourth-order valence-electron chi connectivity index (χ4n) is 2.31. The average molecular weight is 338 g/mol. The van der Waals surface area contributed by atoms with E-state index in [-0.39, 0.29) is 6.61 Å². The van der Waals surface area contributed by atoms with Gasteiger partial charge in [-0.3, -0.25) is 4.98 Å². The molecule has 0 aromatic carbocycles. The van der Waals surface area contributed by atoms with Crippen LogP contribution in [0.4, 0.5) is 5.82 Å². The van der Waals surface area contributed by atoms with Gasteiger partial charge in [0.15, 0.2) is 0 Å². The van der Waals surface area contributed by atoms with Gasteiger partial charge in [0.1, 0.15) is 24.2 Å². The number of hydrogen-bond acceptors (Lipinski definition) is 7. The number of aromatic nitrogens is 4. The molecular formula is C17H18N6O2. The van der Waals surface area contributed by atoms with Crippen LogP contribution in [0.25, 0.3) is 16.8 Å². The summed E-state index contributed by atoms with van der Waals surface area (Å²) >= 11 is 0. The normalized spacial score (nSPS) is 11.3. The highest BCUT2D eigenvalue weighted by Gasteiger charge is 2.17. The second kappa shape index (κ2) is 6.37. The Morgan fingerprint density at radius 2 is 2.12 bits per heavy atom. The zero-order valence-corrected chi connectivity index (χ0v) is 14.2. The van der Waals surface area contributed by atoms with Gasteiger partial charge >= 0.3 is 0 Å². The summed E-state index contributed by atoms with van der Waals surface area (Å²) in [6.45, 7) is 3.45. The second-order valence-electron chi connectivity index (χ2n) is 6.19. The molecule has 8 heteroatoms. The molecule has 0 unspecified atom stereocenters. The molecule has 0 amide bonds. The van der Waals surface area contributed by atoms with E-state index < -0.39 is 5.60 Å². The zero-order valence-electron chi connectivity index (χ0n) is 14.2. The number of aliphatic hydroxyl groups is 1. The fourth-order valence-corrected chi connectivity index (χ4v) is 2.31. The van der Waals surface area contributed by atoms with E-state index in [4.69, 9.17) is 4.74 Å². The maximum atomic E-state index is 9.86. The van der Waals surface area contributed by atoms with Crippen LogP contribution in [0.15, 0.2) is 30.9 Å². The summed E-state index contributed by atoms with van der Waals surface area (Å²) in [5, 5.41) is 26.3. The molecule has 0 aliphatic carbocycles. The Bertz CT molecular complexity index is 935. The van der Waals surface area contributed by atoms with Gasteiger partial charge in [-0.2, -0.15) is 10.4 Å². The quantitative estimate of drug-likeness (QED) is 0.731. The summed E-state index contributed by atoms with van der Waals surface area (Å²) in [5.41, 5.74) is 1.37. The maximum absolute atomic E-state index is 9.86.